The van der Waals surface area contributed by atoms with E-state index in [1.165, 1.54) is 0 Å². The first-order chi connectivity index (χ1) is 11.6. The number of hydrogen-bond acceptors (Lipinski definition) is 3. The molecule has 2 aliphatic rings. The maximum atomic E-state index is 12.6. The molecule has 2 saturated heterocycles. The van der Waals surface area contributed by atoms with Crippen molar-refractivity contribution in [3.05, 3.63) is 0 Å². The summed E-state index contributed by atoms with van der Waals surface area (Å²) in [6.45, 7) is 15.4. The van der Waals surface area contributed by atoms with Crippen LogP contribution in [0.4, 0.5) is 4.79 Å². The second-order valence-electron chi connectivity index (χ2n) is 10.7. The zero-order chi connectivity index (χ0) is 20.1. The van der Waals surface area contributed by atoms with Gasteiger partial charge in [0.15, 0.2) is 0 Å². The van der Waals surface area contributed by atoms with E-state index in [-0.39, 0.29) is 18.1 Å². The Hall–Kier alpha value is -0.890. The smallest absolute Gasteiger partial charge is 0.315 e. The van der Waals surface area contributed by atoms with E-state index in [4.69, 9.17) is 0 Å². The summed E-state index contributed by atoms with van der Waals surface area (Å²) in [4.78, 5) is 12.6. The lowest BCUT2D eigenvalue weighted by atomic mass is 9.78. The Balaban J connectivity index is 1.99. The van der Waals surface area contributed by atoms with Crippen LogP contribution in [0.15, 0.2) is 0 Å². The first kappa shape index (κ1) is 21.4. The molecule has 0 bridgehead atoms. The largest absolute Gasteiger partial charge is 0.335 e. The highest BCUT2D eigenvalue weighted by molar-refractivity contribution is 5.74. The van der Waals surface area contributed by atoms with Crippen LogP contribution in [0.5, 0.6) is 0 Å². The minimum Gasteiger partial charge on any atom is -0.335 e. The summed E-state index contributed by atoms with van der Waals surface area (Å²) in [6.07, 6.45) is 2.46. The maximum absolute atomic E-state index is 12.6. The van der Waals surface area contributed by atoms with Gasteiger partial charge in [0.25, 0.3) is 0 Å². The monoisotopic (exact) mass is 368 g/mol. The number of carbonyl (C=O) groups is 1. The van der Waals surface area contributed by atoms with E-state index >= 15 is 0 Å². The Morgan fingerprint density at radius 1 is 0.654 bits per heavy atom. The summed E-state index contributed by atoms with van der Waals surface area (Å²) in [5.74, 6) is 0. The molecule has 2 aliphatic heterocycles. The molecule has 2 N–H and O–H groups in total. The Morgan fingerprint density at radius 2 is 0.885 bits per heavy atom. The highest BCUT2D eigenvalue weighted by Crippen LogP contribution is 2.38. The van der Waals surface area contributed by atoms with Gasteiger partial charge in [-0.2, -0.15) is 0 Å². The highest BCUT2D eigenvalue weighted by atomic mass is 16.5. The van der Waals surface area contributed by atoms with Gasteiger partial charge < -0.3 is 10.6 Å². The van der Waals surface area contributed by atoms with Crippen LogP contribution < -0.4 is 10.6 Å². The number of amides is 2. The Morgan fingerprint density at radius 3 is 1.12 bits per heavy atom. The molecule has 150 valence electrons. The predicted octanol–water partition coefficient (Wildman–Crippen LogP) is 3.02. The zero-order valence-electron chi connectivity index (χ0n) is 17.6. The third-order valence-corrected chi connectivity index (χ3v) is 5.85. The fraction of sp³-hybridized carbons (Fsp3) is 0.947. The lowest BCUT2D eigenvalue weighted by Crippen LogP contribution is -2.65. The van der Waals surface area contributed by atoms with Crippen molar-refractivity contribution in [1.29, 1.82) is 0 Å². The molecular formula is C19H36N4O3. The van der Waals surface area contributed by atoms with Crippen LogP contribution in [0.2, 0.25) is 0 Å². The quantitative estimate of drug-likeness (QED) is 0.785. The van der Waals surface area contributed by atoms with Gasteiger partial charge in [-0.1, -0.05) is 0 Å². The molecule has 0 aliphatic carbocycles. The molecular weight excluding hydrogens is 332 g/mol. The summed E-state index contributed by atoms with van der Waals surface area (Å²) in [5.41, 5.74) is -2.07. The van der Waals surface area contributed by atoms with Crippen LogP contribution in [0.1, 0.15) is 81.1 Å². The van der Waals surface area contributed by atoms with Crippen molar-refractivity contribution in [3.63, 3.8) is 0 Å². The number of hydroxylamine groups is 4. The molecule has 2 radical (unpaired) electrons. The molecule has 2 rings (SSSR count). The molecule has 7 heteroatoms. The number of rotatable bonds is 2. The normalized spacial score (nSPS) is 29.3. The molecule has 0 aromatic heterocycles. The van der Waals surface area contributed by atoms with Crippen molar-refractivity contribution >= 4 is 6.03 Å². The van der Waals surface area contributed by atoms with Gasteiger partial charge in [0.05, 0.1) is 0 Å². The van der Waals surface area contributed by atoms with Crippen LogP contribution in [0.3, 0.4) is 0 Å². The first-order valence-corrected chi connectivity index (χ1v) is 9.59. The third kappa shape index (κ3) is 4.32. The van der Waals surface area contributed by atoms with Crippen LogP contribution in [-0.4, -0.2) is 50.4 Å². The maximum Gasteiger partial charge on any atom is 0.315 e. The summed E-state index contributed by atoms with van der Waals surface area (Å²) in [5, 5.41) is 33.3. The van der Waals surface area contributed by atoms with E-state index < -0.39 is 22.2 Å². The van der Waals surface area contributed by atoms with Crippen molar-refractivity contribution in [2.75, 3.05) is 0 Å². The fourth-order valence-corrected chi connectivity index (χ4v) is 5.14. The number of urea groups is 1. The number of hydrogen-bond donors (Lipinski definition) is 2. The second kappa shape index (κ2) is 6.62. The molecule has 0 unspecified atom stereocenters. The van der Waals surface area contributed by atoms with Gasteiger partial charge in [0.2, 0.25) is 0 Å². The van der Waals surface area contributed by atoms with Crippen LogP contribution in [0, 0.1) is 0 Å². The van der Waals surface area contributed by atoms with Crippen LogP contribution >= 0.6 is 0 Å². The summed E-state index contributed by atoms with van der Waals surface area (Å²) in [6, 6.07) is -0.312. The van der Waals surface area contributed by atoms with Crippen LogP contribution in [-0.2, 0) is 10.4 Å². The molecule has 0 atom stereocenters. The van der Waals surface area contributed by atoms with Gasteiger partial charge in [0.1, 0.15) is 0 Å². The SMILES string of the molecule is CC1(C)CC(NC(=O)NC2CC(C)(C)N([O])C(C)(C)C2)CC(C)(C)N1[O]. The van der Waals surface area contributed by atoms with Crippen molar-refractivity contribution in [2.24, 2.45) is 0 Å². The molecule has 2 fully saturated rings. The van der Waals surface area contributed by atoms with E-state index in [1.54, 1.807) is 0 Å². The number of piperidine rings is 2. The molecule has 2 amide bonds. The Kier molecular flexibility index (Phi) is 5.45. The lowest BCUT2D eigenvalue weighted by Gasteiger charge is -2.51. The highest BCUT2D eigenvalue weighted by Gasteiger charge is 2.48. The van der Waals surface area contributed by atoms with Gasteiger partial charge in [-0.15, -0.1) is 20.5 Å². The lowest BCUT2D eigenvalue weighted by molar-refractivity contribution is -0.290. The standard InChI is InChI=1S/C19H36N4O3/c1-16(2)9-13(10-17(3,4)22(16)25)20-15(24)21-14-11-18(5,6)23(26)19(7,8)12-14/h13-14H,9-12H2,1-8H3,(H2,20,21,24). The first-order valence-electron chi connectivity index (χ1n) is 9.59. The van der Waals surface area contributed by atoms with Gasteiger partial charge in [-0.05, 0) is 81.1 Å². The molecule has 2 heterocycles. The van der Waals surface area contributed by atoms with Gasteiger partial charge in [-0.25, -0.2) is 4.79 Å². The van der Waals surface area contributed by atoms with Crippen molar-refractivity contribution in [3.8, 4) is 0 Å². The van der Waals surface area contributed by atoms with E-state index in [0.717, 1.165) is 10.1 Å². The van der Waals surface area contributed by atoms with Gasteiger partial charge in [-0.3, -0.25) is 0 Å². The molecule has 26 heavy (non-hydrogen) atoms. The molecule has 0 spiro atoms. The van der Waals surface area contributed by atoms with Crippen molar-refractivity contribution in [1.82, 2.24) is 20.8 Å². The second-order valence-corrected chi connectivity index (χ2v) is 10.7. The van der Waals surface area contributed by atoms with Crippen molar-refractivity contribution < 1.29 is 15.2 Å². The van der Waals surface area contributed by atoms with Gasteiger partial charge in [0, 0.05) is 34.2 Å². The summed E-state index contributed by atoms with van der Waals surface area (Å²) in [7, 11) is 0. The minimum atomic E-state index is -0.516. The Labute approximate surface area is 158 Å². The van der Waals surface area contributed by atoms with E-state index in [9.17, 15) is 15.2 Å². The van der Waals surface area contributed by atoms with Gasteiger partial charge >= 0.3 is 6.03 Å². The molecule has 0 saturated carbocycles. The number of nitrogens with zero attached hydrogens (tertiary/aromatic N) is 2. The van der Waals surface area contributed by atoms with Crippen molar-refractivity contribution in [2.45, 2.75) is 115 Å². The average molecular weight is 369 g/mol. The van der Waals surface area contributed by atoms with Crippen LogP contribution in [0.25, 0.3) is 0 Å². The molecule has 0 aromatic carbocycles. The number of carbonyl (C=O) groups excluding carboxylic acids is 1. The summed E-state index contributed by atoms with van der Waals surface area (Å²) < 4.78 is 0. The predicted molar refractivity (Wildman–Crippen MR) is 99.1 cm³/mol. The molecule has 7 nitrogen and oxygen atoms in total. The Bertz CT molecular complexity index is 463. The topological polar surface area (TPSA) is 87.4 Å². The van der Waals surface area contributed by atoms with E-state index in [1.807, 2.05) is 55.4 Å². The average Bonchev–Trinajstić information content (AvgIpc) is 2.40. The zero-order valence-corrected chi connectivity index (χ0v) is 17.6. The minimum absolute atomic E-state index is 0.0502. The van der Waals surface area contributed by atoms with E-state index in [0.29, 0.717) is 25.7 Å². The number of nitrogens with one attached hydrogen (secondary N) is 2. The summed E-state index contributed by atoms with van der Waals surface area (Å²) >= 11 is 0. The van der Waals surface area contributed by atoms with E-state index in [2.05, 4.69) is 10.6 Å². The third-order valence-electron chi connectivity index (χ3n) is 5.85. The molecule has 0 aromatic rings. The fourth-order valence-electron chi connectivity index (χ4n) is 5.14.